The third-order valence-electron chi connectivity index (χ3n) is 3.20. The Bertz CT molecular complexity index is 604. The summed E-state index contributed by atoms with van der Waals surface area (Å²) >= 11 is 0. The summed E-state index contributed by atoms with van der Waals surface area (Å²) in [4.78, 5) is 26.5. The van der Waals surface area contributed by atoms with E-state index < -0.39 is 0 Å². The molecule has 2 aromatic rings. The van der Waals surface area contributed by atoms with Gasteiger partial charge in [-0.1, -0.05) is 6.07 Å². The van der Waals surface area contributed by atoms with E-state index in [2.05, 4.69) is 15.0 Å². The van der Waals surface area contributed by atoms with E-state index in [-0.39, 0.29) is 5.69 Å². The maximum Gasteiger partial charge on any atom is 0.352 e. The van der Waals surface area contributed by atoms with Crippen LogP contribution in [0.3, 0.4) is 0 Å². The van der Waals surface area contributed by atoms with Gasteiger partial charge in [-0.05, 0) is 25.0 Å². The van der Waals surface area contributed by atoms with Gasteiger partial charge in [-0.3, -0.25) is 9.55 Å². The molecule has 1 aliphatic rings. The average molecular weight is 257 g/mol. The van der Waals surface area contributed by atoms with E-state index in [4.69, 9.17) is 0 Å². The summed E-state index contributed by atoms with van der Waals surface area (Å²) in [5.74, 6) is 0.541. The normalized spacial score (nSPS) is 14.8. The maximum absolute atomic E-state index is 12.0. The van der Waals surface area contributed by atoms with Gasteiger partial charge < -0.3 is 4.90 Å². The number of hydrogen-bond donors (Lipinski definition) is 0. The Morgan fingerprint density at radius 1 is 1.16 bits per heavy atom. The Morgan fingerprint density at radius 3 is 2.68 bits per heavy atom. The lowest BCUT2D eigenvalue weighted by Crippen LogP contribution is -2.29. The molecule has 98 valence electrons. The fourth-order valence-corrected chi connectivity index (χ4v) is 2.19. The molecule has 0 aliphatic carbocycles. The highest BCUT2D eigenvalue weighted by atomic mass is 16.1. The van der Waals surface area contributed by atoms with Gasteiger partial charge in [-0.25, -0.2) is 9.78 Å². The van der Waals surface area contributed by atoms with Crippen molar-refractivity contribution in [3.8, 4) is 0 Å². The minimum absolute atomic E-state index is 0.275. The molecule has 1 fully saturated rings. The van der Waals surface area contributed by atoms with Crippen molar-refractivity contribution in [1.82, 2.24) is 19.5 Å². The lowest BCUT2D eigenvalue weighted by molar-refractivity contribution is 0.679. The Kier molecular flexibility index (Phi) is 3.22. The monoisotopic (exact) mass is 257 g/mol. The van der Waals surface area contributed by atoms with E-state index in [0.717, 1.165) is 31.6 Å². The third-order valence-corrected chi connectivity index (χ3v) is 3.20. The highest BCUT2D eigenvalue weighted by Gasteiger charge is 2.15. The molecule has 3 heterocycles. The van der Waals surface area contributed by atoms with E-state index in [9.17, 15) is 4.79 Å². The Labute approximate surface area is 110 Å². The van der Waals surface area contributed by atoms with Gasteiger partial charge in [0.15, 0.2) is 0 Å². The zero-order valence-electron chi connectivity index (χ0n) is 10.6. The molecular weight excluding hydrogens is 242 g/mol. The van der Waals surface area contributed by atoms with Crippen molar-refractivity contribution in [2.75, 3.05) is 18.0 Å². The summed E-state index contributed by atoms with van der Waals surface area (Å²) in [6.07, 6.45) is 5.54. The van der Waals surface area contributed by atoms with Crippen molar-refractivity contribution in [3.05, 3.63) is 46.9 Å². The van der Waals surface area contributed by atoms with Crippen molar-refractivity contribution in [1.29, 1.82) is 0 Å². The van der Waals surface area contributed by atoms with Gasteiger partial charge in [0.2, 0.25) is 5.95 Å². The lowest BCUT2D eigenvalue weighted by atomic mass is 10.3. The first-order valence-corrected chi connectivity index (χ1v) is 6.41. The van der Waals surface area contributed by atoms with E-state index in [0.29, 0.717) is 12.5 Å². The predicted octanol–water partition coefficient (Wildman–Crippen LogP) is 0.682. The first kappa shape index (κ1) is 11.8. The van der Waals surface area contributed by atoms with Gasteiger partial charge in [0.1, 0.15) is 6.33 Å². The third kappa shape index (κ3) is 2.62. The number of rotatable bonds is 3. The van der Waals surface area contributed by atoms with E-state index in [1.165, 1.54) is 4.57 Å². The quantitative estimate of drug-likeness (QED) is 0.809. The van der Waals surface area contributed by atoms with Crippen LogP contribution >= 0.6 is 0 Å². The fourth-order valence-electron chi connectivity index (χ4n) is 2.19. The fraction of sp³-hybridized carbons (Fsp3) is 0.385. The Balaban J connectivity index is 1.82. The summed E-state index contributed by atoms with van der Waals surface area (Å²) in [5, 5.41) is 0. The van der Waals surface area contributed by atoms with Crippen LogP contribution in [-0.2, 0) is 6.54 Å². The van der Waals surface area contributed by atoms with Crippen LogP contribution in [0.5, 0.6) is 0 Å². The molecule has 0 unspecified atom stereocenters. The molecule has 0 N–H and O–H groups in total. The van der Waals surface area contributed by atoms with Gasteiger partial charge >= 0.3 is 5.69 Å². The minimum Gasteiger partial charge on any atom is -0.341 e. The second-order valence-corrected chi connectivity index (χ2v) is 4.58. The van der Waals surface area contributed by atoms with Crippen molar-refractivity contribution < 1.29 is 0 Å². The molecular formula is C13H15N5O. The minimum atomic E-state index is -0.275. The van der Waals surface area contributed by atoms with Gasteiger partial charge in [0, 0.05) is 19.3 Å². The molecule has 1 saturated heterocycles. The Hall–Kier alpha value is -2.24. The zero-order valence-corrected chi connectivity index (χ0v) is 10.6. The van der Waals surface area contributed by atoms with Crippen LogP contribution < -0.4 is 10.6 Å². The summed E-state index contributed by atoms with van der Waals surface area (Å²) in [6.45, 7) is 2.27. The molecule has 0 bridgehead atoms. The van der Waals surface area contributed by atoms with Crippen LogP contribution in [0.15, 0.2) is 35.5 Å². The van der Waals surface area contributed by atoms with Gasteiger partial charge in [-0.15, -0.1) is 0 Å². The Morgan fingerprint density at radius 2 is 2.00 bits per heavy atom. The van der Waals surface area contributed by atoms with Crippen molar-refractivity contribution in [3.63, 3.8) is 0 Å². The van der Waals surface area contributed by atoms with Crippen LogP contribution in [0, 0.1) is 0 Å². The number of nitrogens with zero attached hydrogens (tertiary/aromatic N) is 5. The highest BCUT2D eigenvalue weighted by Crippen LogP contribution is 2.13. The first-order valence-electron chi connectivity index (χ1n) is 6.41. The molecule has 1 aliphatic heterocycles. The van der Waals surface area contributed by atoms with E-state index in [1.54, 1.807) is 12.5 Å². The summed E-state index contributed by atoms with van der Waals surface area (Å²) in [7, 11) is 0. The van der Waals surface area contributed by atoms with Gasteiger partial charge in [0.05, 0.1) is 12.2 Å². The van der Waals surface area contributed by atoms with Crippen molar-refractivity contribution in [2.45, 2.75) is 19.4 Å². The second-order valence-electron chi connectivity index (χ2n) is 4.58. The number of anilines is 1. The van der Waals surface area contributed by atoms with Gasteiger partial charge in [-0.2, -0.15) is 4.98 Å². The number of pyridine rings is 1. The zero-order chi connectivity index (χ0) is 13.1. The summed E-state index contributed by atoms with van der Waals surface area (Å²) in [5.41, 5.74) is 0.546. The molecule has 6 heteroatoms. The largest absolute Gasteiger partial charge is 0.352 e. The van der Waals surface area contributed by atoms with Crippen LogP contribution in [-0.4, -0.2) is 32.6 Å². The number of hydrogen-bond acceptors (Lipinski definition) is 5. The highest BCUT2D eigenvalue weighted by molar-refractivity contribution is 5.28. The maximum atomic E-state index is 12.0. The molecule has 19 heavy (non-hydrogen) atoms. The smallest absolute Gasteiger partial charge is 0.341 e. The second kappa shape index (κ2) is 5.17. The predicted molar refractivity (Wildman–Crippen MR) is 71.1 cm³/mol. The van der Waals surface area contributed by atoms with Crippen LogP contribution in [0.1, 0.15) is 18.5 Å². The van der Waals surface area contributed by atoms with Crippen LogP contribution in [0.2, 0.25) is 0 Å². The van der Waals surface area contributed by atoms with E-state index in [1.807, 2.05) is 23.1 Å². The summed E-state index contributed by atoms with van der Waals surface area (Å²) < 4.78 is 1.47. The lowest BCUT2D eigenvalue weighted by Gasteiger charge is -2.14. The first-order chi connectivity index (χ1) is 9.33. The van der Waals surface area contributed by atoms with Gasteiger partial charge in [0.25, 0.3) is 0 Å². The standard InChI is InChI=1S/C13H15N5O/c19-13-16-12(17-7-3-4-8-17)15-10-18(13)9-11-5-1-2-6-14-11/h1-2,5-6,10H,3-4,7-9H2. The molecule has 0 atom stereocenters. The van der Waals surface area contributed by atoms with Crippen LogP contribution in [0.25, 0.3) is 0 Å². The molecule has 3 rings (SSSR count). The molecule has 6 nitrogen and oxygen atoms in total. The van der Waals surface area contributed by atoms with E-state index >= 15 is 0 Å². The average Bonchev–Trinajstić information content (AvgIpc) is 2.96. The molecule has 0 radical (unpaired) electrons. The molecule has 2 aromatic heterocycles. The molecule has 0 aromatic carbocycles. The SMILES string of the molecule is O=c1nc(N2CCCC2)ncn1Cc1ccccn1. The number of aromatic nitrogens is 4. The molecule has 0 spiro atoms. The van der Waals surface area contributed by atoms with Crippen molar-refractivity contribution >= 4 is 5.95 Å². The van der Waals surface area contributed by atoms with Crippen molar-refractivity contribution in [2.24, 2.45) is 0 Å². The van der Waals surface area contributed by atoms with Crippen LogP contribution in [0.4, 0.5) is 5.95 Å². The molecule has 0 amide bonds. The summed E-state index contributed by atoms with van der Waals surface area (Å²) in [6, 6.07) is 5.62. The molecule has 0 saturated carbocycles. The topological polar surface area (TPSA) is 63.9 Å².